The minimum absolute atomic E-state index is 0.299. The minimum atomic E-state index is 0.299. The summed E-state index contributed by atoms with van der Waals surface area (Å²) in [4.78, 5) is 14.5. The highest BCUT2D eigenvalue weighted by Gasteiger charge is 2.35. The molecule has 116 valence electrons. The molecule has 1 aromatic carbocycles. The molecule has 0 radical (unpaired) electrons. The van der Waals surface area contributed by atoms with Crippen molar-refractivity contribution in [3.8, 4) is 0 Å². The van der Waals surface area contributed by atoms with Crippen molar-refractivity contribution in [2.24, 2.45) is 17.6 Å². The number of nitrogens with zero attached hydrogens (tertiary/aromatic N) is 1. The van der Waals surface area contributed by atoms with Crippen LogP contribution in [-0.4, -0.2) is 30.4 Å². The van der Waals surface area contributed by atoms with Crippen LogP contribution < -0.4 is 5.73 Å². The molecule has 1 heterocycles. The lowest BCUT2D eigenvalue weighted by molar-refractivity contribution is -0.131. The van der Waals surface area contributed by atoms with Gasteiger partial charge in [0.05, 0.1) is 0 Å². The van der Waals surface area contributed by atoms with E-state index in [1.165, 1.54) is 5.56 Å². The Balaban J connectivity index is 2.00. The Morgan fingerprint density at radius 3 is 2.67 bits per heavy atom. The molecule has 0 aromatic heterocycles. The molecule has 2 rings (SSSR count). The Kier molecular flexibility index (Phi) is 5.80. The molecule has 21 heavy (non-hydrogen) atoms. The van der Waals surface area contributed by atoms with Gasteiger partial charge in [-0.15, -0.1) is 0 Å². The molecule has 1 amide bonds. The molecule has 1 aliphatic rings. The number of hydrogen-bond donors (Lipinski definition) is 1. The van der Waals surface area contributed by atoms with Gasteiger partial charge in [0.25, 0.3) is 0 Å². The molecule has 3 heteroatoms. The number of nitrogens with two attached hydrogens (primary N) is 1. The summed E-state index contributed by atoms with van der Waals surface area (Å²) >= 11 is 0. The van der Waals surface area contributed by atoms with E-state index in [1.807, 2.05) is 11.0 Å². The van der Waals surface area contributed by atoms with Crippen LogP contribution in [0, 0.1) is 11.8 Å². The predicted octanol–water partition coefficient (Wildman–Crippen LogP) is 3.01. The summed E-state index contributed by atoms with van der Waals surface area (Å²) in [6.45, 7) is 6.63. The maximum absolute atomic E-state index is 12.5. The molecule has 1 aliphatic heterocycles. The first-order valence-corrected chi connectivity index (χ1v) is 8.18. The number of carbonyl (C=O) groups excluding carboxylic acids is 1. The summed E-state index contributed by atoms with van der Waals surface area (Å²) in [5, 5.41) is 0. The summed E-state index contributed by atoms with van der Waals surface area (Å²) in [5.41, 5.74) is 7.24. The van der Waals surface area contributed by atoms with Crippen molar-refractivity contribution in [1.82, 2.24) is 4.90 Å². The Labute approximate surface area is 128 Å². The topological polar surface area (TPSA) is 46.3 Å². The van der Waals surface area contributed by atoms with E-state index in [9.17, 15) is 4.79 Å². The number of likely N-dealkylation sites (tertiary alicyclic amines) is 1. The van der Waals surface area contributed by atoms with E-state index in [0.29, 0.717) is 36.6 Å². The maximum Gasteiger partial charge on any atom is 0.222 e. The third-order valence-electron chi connectivity index (χ3n) is 4.63. The van der Waals surface area contributed by atoms with Gasteiger partial charge in [0.2, 0.25) is 5.91 Å². The second kappa shape index (κ2) is 7.60. The molecular weight excluding hydrogens is 260 g/mol. The second-order valence-corrected chi connectivity index (χ2v) is 6.41. The zero-order chi connectivity index (χ0) is 15.2. The van der Waals surface area contributed by atoms with Crippen molar-refractivity contribution in [3.63, 3.8) is 0 Å². The molecule has 1 saturated heterocycles. The number of amides is 1. The first-order chi connectivity index (χ1) is 10.2. The molecule has 0 bridgehead atoms. The van der Waals surface area contributed by atoms with Gasteiger partial charge in [0, 0.05) is 25.4 Å². The molecular formula is C18H28N2O. The highest BCUT2D eigenvalue weighted by Crippen LogP contribution is 2.32. The van der Waals surface area contributed by atoms with Crippen LogP contribution in [-0.2, 0) is 4.79 Å². The molecule has 1 aromatic rings. The highest BCUT2D eigenvalue weighted by atomic mass is 16.2. The number of rotatable bonds is 6. The predicted molar refractivity (Wildman–Crippen MR) is 87.0 cm³/mol. The van der Waals surface area contributed by atoms with Gasteiger partial charge in [0.15, 0.2) is 0 Å². The Morgan fingerprint density at radius 2 is 2.05 bits per heavy atom. The van der Waals surface area contributed by atoms with Crippen molar-refractivity contribution >= 4 is 5.91 Å². The number of carbonyl (C=O) groups is 1. The van der Waals surface area contributed by atoms with Crippen LogP contribution in [0.3, 0.4) is 0 Å². The fraction of sp³-hybridized carbons (Fsp3) is 0.611. The average Bonchev–Trinajstić information content (AvgIpc) is 2.92. The fourth-order valence-electron chi connectivity index (χ4n) is 3.41. The number of benzene rings is 1. The SMILES string of the molecule is CCCC(C)CC(=O)N1C[C@@H](CN)[C@H](c2ccccc2)C1. The van der Waals surface area contributed by atoms with Crippen LogP contribution in [0.2, 0.25) is 0 Å². The lowest BCUT2D eigenvalue weighted by Crippen LogP contribution is -2.30. The first-order valence-electron chi connectivity index (χ1n) is 8.18. The van der Waals surface area contributed by atoms with Crippen molar-refractivity contribution in [1.29, 1.82) is 0 Å². The van der Waals surface area contributed by atoms with E-state index in [4.69, 9.17) is 5.73 Å². The van der Waals surface area contributed by atoms with E-state index in [-0.39, 0.29) is 0 Å². The third kappa shape index (κ3) is 4.07. The molecule has 0 saturated carbocycles. The Morgan fingerprint density at radius 1 is 1.33 bits per heavy atom. The quantitative estimate of drug-likeness (QED) is 0.874. The third-order valence-corrected chi connectivity index (χ3v) is 4.63. The summed E-state index contributed by atoms with van der Waals surface area (Å²) in [6.07, 6.45) is 2.95. The van der Waals surface area contributed by atoms with Gasteiger partial charge in [-0.05, 0) is 23.9 Å². The van der Waals surface area contributed by atoms with Crippen LogP contribution in [0.1, 0.15) is 44.6 Å². The number of hydrogen-bond acceptors (Lipinski definition) is 2. The van der Waals surface area contributed by atoms with Crippen LogP contribution in [0.15, 0.2) is 30.3 Å². The summed E-state index contributed by atoms with van der Waals surface area (Å²) < 4.78 is 0. The van der Waals surface area contributed by atoms with Gasteiger partial charge in [-0.25, -0.2) is 0 Å². The van der Waals surface area contributed by atoms with Gasteiger partial charge in [-0.2, -0.15) is 0 Å². The molecule has 0 aliphatic carbocycles. The van der Waals surface area contributed by atoms with Crippen LogP contribution in [0.5, 0.6) is 0 Å². The van der Waals surface area contributed by atoms with E-state index in [1.54, 1.807) is 0 Å². The molecule has 2 N–H and O–H groups in total. The van der Waals surface area contributed by atoms with Crippen LogP contribution >= 0.6 is 0 Å². The van der Waals surface area contributed by atoms with Crippen LogP contribution in [0.4, 0.5) is 0 Å². The van der Waals surface area contributed by atoms with E-state index in [0.717, 1.165) is 25.9 Å². The second-order valence-electron chi connectivity index (χ2n) is 6.41. The van der Waals surface area contributed by atoms with Crippen molar-refractivity contribution in [2.75, 3.05) is 19.6 Å². The molecule has 0 spiro atoms. The van der Waals surface area contributed by atoms with Crippen molar-refractivity contribution in [2.45, 2.75) is 39.0 Å². The molecule has 1 fully saturated rings. The highest BCUT2D eigenvalue weighted by molar-refractivity contribution is 5.77. The maximum atomic E-state index is 12.5. The van der Waals surface area contributed by atoms with Crippen LogP contribution in [0.25, 0.3) is 0 Å². The van der Waals surface area contributed by atoms with Crippen molar-refractivity contribution in [3.05, 3.63) is 35.9 Å². The largest absolute Gasteiger partial charge is 0.342 e. The Hall–Kier alpha value is -1.35. The molecule has 1 unspecified atom stereocenters. The monoisotopic (exact) mass is 288 g/mol. The zero-order valence-corrected chi connectivity index (χ0v) is 13.3. The Bertz CT molecular complexity index is 446. The molecule has 3 atom stereocenters. The van der Waals surface area contributed by atoms with E-state index in [2.05, 4.69) is 38.1 Å². The van der Waals surface area contributed by atoms with Gasteiger partial charge in [-0.3, -0.25) is 4.79 Å². The average molecular weight is 288 g/mol. The normalized spacial score (nSPS) is 23.3. The van der Waals surface area contributed by atoms with Crippen molar-refractivity contribution < 1.29 is 4.79 Å². The summed E-state index contributed by atoms with van der Waals surface area (Å²) in [5.74, 6) is 1.56. The van der Waals surface area contributed by atoms with Gasteiger partial charge in [-0.1, -0.05) is 57.0 Å². The van der Waals surface area contributed by atoms with Gasteiger partial charge in [0.1, 0.15) is 0 Å². The van der Waals surface area contributed by atoms with E-state index >= 15 is 0 Å². The smallest absolute Gasteiger partial charge is 0.222 e. The lowest BCUT2D eigenvalue weighted by atomic mass is 9.89. The summed E-state index contributed by atoms with van der Waals surface area (Å²) in [7, 11) is 0. The summed E-state index contributed by atoms with van der Waals surface area (Å²) in [6, 6.07) is 10.5. The van der Waals surface area contributed by atoms with E-state index < -0.39 is 0 Å². The molecule has 3 nitrogen and oxygen atoms in total. The standard InChI is InChI=1S/C18H28N2O/c1-3-7-14(2)10-18(21)20-12-16(11-19)17(13-20)15-8-5-4-6-9-15/h4-6,8-9,14,16-17H,3,7,10-13,19H2,1-2H3/t14?,16-,17+/m1/s1. The zero-order valence-electron chi connectivity index (χ0n) is 13.3. The lowest BCUT2D eigenvalue weighted by Gasteiger charge is -2.19. The van der Waals surface area contributed by atoms with Gasteiger partial charge >= 0.3 is 0 Å². The first kappa shape index (κ1) is 16.0. The fourth-order valence-corrected chi connectivity index (χ4v) is 3.41. The minimum Gasteiger partial charge on any atom is -0.342 e. The van der Waals surface area contributed by atoms with Gasteiger partial charge < -0.3 is 10.6 Å².